The molecule has 0 saturated heterocycles. The van der Waals surface area contributed by atoms with E-state index in [0.29, 0.717) is 24.2 Å². The van der Waals surface area contributed by atoms with E-state index in [1.165, 1.54) is 6.20 Å². The molecule has 1 saturated carbocycles. The lowest BCUT2D eigenvalue weighted by atomic mass is 10.1. The van der Waals surface area contributed by atoms with Crippen LogP contribution in [0, 0.1) is 5.92 Å². The molecule has 0 bridgehead atoms. The summed E-state index contributed by atoms with van der Waals surface area (Å²) in [7, 11) is 0. The van der Waals surface area contributed by atoms with Crippen LogP contribution in [0.5, 0.6) is 0 Å². The zero-order valence-electron chi connectivity index (χ0n) is 10.5. The SMILES string of the molecule is Nc1ccc(CC(=O)NC2CCC(C(=O)O)C2)nc1. The van der Waals surface area contributed by atoms with Gasteiger partial charge < -0.3 is 16.2 Å². The Morgan fingerprint density at radius 1 is 1.42 bits per heavy atom. The number of nitrogens with zero attached hydrogens (tertiary/aromatic N) is 1. The standard InChI is InChI=1S/C13H17N3O3/c14-9-2-4-10(15-7-9)6-12(17)16-11-3-1-8(5-11)13(18)19/h2,4,7-8,11H,1,3,5-6,14H2,(H,16,17)(H,18,19). The third-order valence-electron chi connectivity index (χ3n) is 3.34. The lowest BCUT2D eigenvalue weighted by molar-refractivity contribution is -0.141. The zero-order chi connectivity index (χ0) is 13.8. The Bertz CT molecular complexity index is 473. The number of hydrogen-bond acceptors (Lipinski definition) is 4. The van der Waals surface area contributed by atoms with Crippen molar-refractivity contribution >= 4 is 17.6 Å². The number of aliphatic carboxylic acids is 1. The van der Waals surface area contributed by atoms with E-state index < -0.39 is 5.97 Å². The van der Waals surface area contributed by atoms with E-state index in [-0.39, 0.29) is 24.3 Å². The van der Waals surface area contributed by atoms with E-state index in [9.17, 15) is 9.59 Å². The van der Waals surface area contributed by atoms with Gasteiger partial charge in [0.2, 0.25) is 5.91 Å². The summed E-state index contributed by atoms with van der Waals surface area (Å²) in [6.07, 6.45) is 3.56. The number of anilines is 1. The number of pyridine rings is 1. The molecule has 1 aliphatic carbocycles. The van der Waals surface area contributed by atoms with Gasteiger partial charge in [-0.2, -0.15) is 0 Å². The predicted octanol–water partition coefficient (Wildman–Crippen LogP) is 0.576. The van der Waals surface area contributed by atoms with Crippen molar-refractivity contribution in [2.45, 2.75) is 31.7 Å². The zero-order valence-corrected chi connectivity index (χ0v) is 10.5. The van der Waals surface area contributed by atoms with Crippen LogP contribution in [0.15, 0.2) is 18.3 Å². The summed E-state index contributed by atoms with van der Waals surface area (Å²) in [5.41, 5.74) is 6.73. The minimum Gasteiger partial charge on any atom is -0.481 e. The molecule has 1 aliphatic rings. The van der Waals surface area contributed by atoms with Crippen LogP contribution in [0.1, 0.15) is 25.0 Å². The van der Waals surface area contributed by atoms with Crippen LogP contribution in [0.4, 0.5) is 5.69 Å². The van der Waals surface area contributed by atoms with Crippen LogP contribution < -0.4 is 11.1 Å². The molecule has 1 aromatic rings. The number of carboxylic acids is 1. The fourth-order valence-electron chi connectivity index (χ4n) is 2.32. The van der Waals surface area contributed by atoms with Crippen LogP contribution >= 0.6 is 0 Å². The highest BCUT2D eigenvalue weighted by Crippen LogP contribution is 2.25. The molecule has 102 valence electrons. The number of carboxylic acid groups (broad SMARTS) is 1. The first-order valence-electron chi connectivity index (χ1n) is 6.27. The van der Waals surface area contributed by atoms with E-state index in [1.807, 2.05) is 0 Å². The highest BCUT2D eigenvalue weighted by atomic mass is 16.4. The van der Waals surface area contributed by atoms with Crippen molar-refractivity contribution in [3.05, 3.63) is 24.0 Å². The third-order valence-corrected chi connectivity index (χ3v) is 3.34. The fraction of sp³-hybridized carbons (Fsp3) is 0.462. The van der Waals surface area contributed by atoms with Crippen LogP contribution in [0.25, 0.3) is 0 Å². The average molecular weight is 263 g/mol. The van der Waals surface area contributed by atoms with Crippen LogP contribution in [-0.4, -0.2) is 28.0 Å². The van der Waals surface area contributed by atoms with Crippen LogP contribution in [0.3, 0.4) is 0 Å². The number of nitrogens with one attached hydrogen (secondary N) is 1. The second-order valence-electron chi connectivity index (χ2n) is 4.87. The molecular weight excluding hydrogens is 246 g/mol. The Morgan fingerprint density at radius 2 is 2.21 bits per heavy atom. The van der Waals surface area contributed by atoms with Crippen molar-refractivity contribution in [2.75, 3.05) is 5.73 Å². The summed E-state index contributed by atoms with van der Waals surface area (Å²) < 4.78 is 0. The van der Waals surface area contributed by atoms with E-state index in [1.54, 1.807) is 12.1 Å². The summed E-state index contributed by atoms with van der Waals surface area (Å²) in [6.45, 7) is 0. The first-order valence-corrected chi connectivity index (χ1v) is 6.27. The van der Waals surface area contributed by atoms with E-state index in [4.69, 9.17) is 10.8 Å². The van der Waals surface area contributed by atoms with E-state index in [0.717, 1.165) is 6.42 Å². The van der Waals surface area contributed by atoms with Gasteiger partial charge in [-0.3, -0.25) is 14.6 Å². The monoisotopic (exact) mass is 263 g/mol. The van der Waals surface area contributed by atoms with Gasteiger partial charge in [0.05, 0.1) is 24.2 Å². The smallest absolute Gasteiger partial charge is 0.306 e. The minimum absolute atomic E-state index is 0.0395. The number of aromatic nitrogens is 1. The van der Waals surface area contributed by atoms with Crippen molar-refractivity contribution in [3.63, 3.8) is 0 Å². The first kappa shape index (κ1) is 13.3. The van der Waals surface area contributed by atoms with E-state index >= 15 is 0 Å². The molecular formula is C13H17N3O3. The molecule has 0 aromatic carbocycles. The Morgan fingerprint density at radius 3 is 2.79 bits per heavy atom. The highest BCUT2D eigenvalue weighted by molar-refractivity contribution is 5.78. The summed E-state index contributed by atoms with van der Waals surface area (Å²) >= 11 is 0. The summed E-state index contributed by atoms with van der Waals surface area (Å²) in [6, 6.07) is 3.37. The summed E-state index contributed by atoms with van der Waals surface area (Å²) in [5.74, 6) is -1.25. The molecule has 0 spiro atoms. The molecule has 6 heteroatoms. The maximum absolute atomic E-state index is 11.8. The number of amides is 1. The highest BCUT2D eigenvalue weighted by Gasteiger charge is 2.30. The maximum atomic E-state index is 11.8. The third kappa shape index (κ3) is 3.67. The van der Waals surface area contributed by atoms with Crippen molar-refractivity contribution < 1.29 is 14.7 Å². The predicted molar refractivity (Wildman–Crippen MR) is 69.3 cm³/mol. The molecule has 1 aromatic heterocycles. The number of carbonyl (C=O) groups is 2. The Kier molecular flexibility index (Phi) is 3.99. The maximum Gasteiger partial charge on any atom is 0.306 e. The molecule has 4 N–H and O–H groups in total. The minimum atomic E-state index is -0.781. The lowest BCUT2D eigenvalue weighted by Crippen LogP contribution is -2.34. The molecule has 0 radical (unpaired) electrons. The topological polar surface area (TPSA) is 105 Å². The lowest BCUT2D eigenvalue weighted by Gasteiger charge is -2.12. The van der Waals surface area contributed by atoms with Gasteiger partial charge in [-0.1, -0.05) is 0 Å². The molecule has 0 aliphatic heterocycles. The molecule has 1 heterocycles. The van der Waals surface area contributed by atoms with Crippen molar-refractivity contribution in [1.29, 1.82) is 0 Å². The largest absolute Gasteiger partial charge is 0.481 e. The average Bonchev–Trinajstić information content (AvgIpc) is 2.80. The van der Waals surface area contributed by atoms with Gasteiger partial charge in [-0.05, 0) is 31.4 Å². The second-order valence-corrected chi connectivity index (χ2v) is 4.87. The summed E-state index contributed by atoms with van der Waals surface area (Å²) in [4.78, 5) is 26.7. The molecule has 2 atom stereocenters. The van der Waals surface area contributed by atoms with Crippen molar-refractivity contribution in [3.8, 4) is 0 Å². The van der Waals surface area contributed by atoms with Crippen molar-refractivity contribution in [2.24, 2.45) is 5.92 Å². The van der Waals surface area contributed by atoms with Crippen molar-refractivity contribution in [1.82, 2.24) is 10.3 Å². The quantitative estimate of drug-likeness (QED) is 0.736. The van der Waals surface area contributed by atoms with E-state index in [2.05, 4.69) is 10.3 Å². The number of carbonyl (C=O) groups excluding carboxylic acids is 1. The molecule has 6 nitrogen and oxygen atoms in total. The number of rotatable bonds is 4. The van der Waals surface area contributed by atoms with Gasteiger partial charge in [-0.15, -0.1) is 0 Å². The van der Waals surface area contributed by atoms with Crippen LogP contribution in [-0.2, 0) is 16.0 Å². The molecule has 1 amide bonds. The van der Waals surface area contributed by atoms with Gasteiger partial charge in [0.25, 0.3) is 0 Å². The molecule has 2 rings (SSSR count). The van der Waals surface area contributed by atoms with Gasteiger partial charge in [0.15, 0.2) is 0 Å². The van der Waals surface area contributed by atoms with Crippen LogP contribution in [0.2, 0.25) is 0 Å². The molecule has 19 heavy (non-hydrogen) atoms. The molecule has 1 fully saturated rings. The van der Waals surface area contributed by atoms with Gasteiger partial charge in [-0.25, -0.2) is 0 Å². The number of hydrogen-bond donors (Lipinski definition) is 3. The first-order chi connectivity index (χ1) is 9.04. The van der Waals surface area contributed by atoms with Gasteiger partial charge in [0, 0.05) is 11.7 Å². The van der Waals surface area contributed by atoms with Gasteiger partial charge >= 0.3 is 5.97 Å². The van der Waals surface area contributed by atoms with Gasteiger partial charge in [0.1, 0.15) is 0 Å². The second kappa shape index (κ2) is 5.69. The number of nitrogen functional groups attached to an aromatic ring is 1. The normalized spacial score (nSPS) is 22.1. The number of nitrogens with two attached hydrogens (primary N) is 1. The molecule has 2 unspecified atom stereocenters. The Hall–Kier alpha value is -2.11. The fourth-order valence-corrected chi connectivity index (χ4v) is 2.32. The summed E-state index contributed by atoms with van der Waals surface area (Å²) in [5, 5.41) is 11.7. The Labute approximate surface area is 111 Å². The Balaban J connectivity index is 1.82.